The van der Waals surface area contributed by atoms with Crippen molar-refractivity contribution in [1.82, 2.24) is 14.1 Å². The van der Waals surface area contributed by atoms with Crippen LogP contribution in [0.1, 0.15) is 31.7 Å². The molecule has 30 heavy (non-hydrogen) atoms. The van der Waals surface area contributed by atoms with Crippen molar-refractivity contribution in [2.75, 3.05) is 18.1 Å². The molecule has 1 fully saturated rings. The monoisotopic (exact) mass is 556 g/mol. The second-order valence-electron chi connectivity index (χ2n) is 7.45. The van der Waals surface area contributed by atoms with Crippen molar-refractivity contribution in [2.45, 2.75) is 29.7 Å². The average Bonchev–Trinajstić information content (AvgIpc) is 2.97. The third-order valence-corrected chi connectivity index (χ3v) is 8.40. The normalized spacial score (nSPS) is 23.1. The standard InChI is InChI=1S/C22H23Cl2IN4O/c1-17-20(18-11-5-2-6-12-18)28(23)29(24)22(17,25)21(30)27(19-13-7-3-8-14-19)26-15-9-4-10-16-26/h2-3,5-8,11-14H,4,9-10,15-16H2,1H3. The van der Waals surface area contributed by atoms with E-state index in [1.54, 1.807) is 5.01 Å². The van der Waals surface area contributed by atoms with Gasteiger partial charge in [-0.2, -0.15) is 4.53 Å². The van der Waals surface area contributed by atoms with Crippen molar-refractivity contribution < 1.29 is 4.79 Å². The number of nitrogens with zero attached hydrogens (tertiary/aromatic N) is 4. The van der Waals surface area contributed by atoms with Crippen LogP contribution in [0.2, 0.25) is 0 Å². The SMILES string of the molecule is CC1=C(c2ccccc2)N(Cl)N(Cl)C1(I)C(=O)N(c1ccccc1)N1CCCCC1. The molecule has 2 aliphatic rings. The minimum atomic E-state index is -1.17. The molecule has 0 spiro atoms. The van der Waals surface area contributed by atoms with Crippen LogP contribution in [-0.2, 0) is 4.79 Å². The first kappa shape index (κ1) is 21.9. The predicted octanol–water partition coefficient (Wildman–Crippen LogP) is 5.82. The van der Waals surface area contributed by atoms with Gasteiger partial charge in [0.2, 0.25) is 3.55 Å². The van der Waals surface area contributed by atoms with Gasteiger partial charge in [0.1, 0.15) is 0 Å². The molecule has 2 aliphatic heterocycles. The molecule has 1 unspecified atom stereocenters. The second-order valence-corrected chi connectivity index (χ2v) is 9.65. The van der Waals surface area contributed by atoms with E-state index in [1.807, 2.05) is 67.6 Å². The fourth-order valence-electron chi connectivity index (χ4n) is 4.00. The van der Waals surface area contributed by atoms with E-state index < -0.39 is 3.55 Å². The van der Waals surface area contributed by atoms with E-state index in [0.717, 1.165) is 48.5 Å². The number of hydrogen-bond donors (Lipinski definition) is 0. The molecule has 2 aromatic rings. The molecule has 5 nitrogen and oxygen atoms in total. The molecule has 2 heterocycles. The van der Waals surface area contributed by atoms with Crippen LogP contribution in [0.15, 0.2) is 66.2 Å². The van der Waals surface area contributed by atoms with Crippen molar-refractivity contribution in [3.05, 3.63) is 71.8 Å². The second kappa shape index (κ2) is 9.04. The number of carbonyl (C=O) groups is 1. The van der Waals surface area contributed by atoms with Gasteiger partial charge < -0.3 is 0 Å². The van der Waals surface area contributed by atoms with Gasteiger partial charge in [-0.1, -0.05) is 59.5 Å². The van der Waals surface area contributed by atoms with Crippen molar-refractivity contribution in [2.24, 2.45) is 0 Å². The molecule has 4 rings (SSSR count). The molecule has 1 atom stereocenters. The summed E-state index contributed by atoms with van der Waals surface area (Å²) in [6, 6.07) is 19.5. The Bertz CT molecular complexity index is 937. The number of anilines is 1. The summed E-state index contributed by atoms with van der Waals surface area (Å²) in [5.74, 6) is -0.139. The van der Waals surface area contributed by atoms with Gasteiger partial charge >= 0.3 is 0 Å². The van der Waals surface area contributed by atoms with Crippen molar-refractivity contribution in [3.8, 4) is 0 Å². The number of piperidine rings is 1. The van der Waals surface area contributed by atoms with Crippen LogP contribution in [0.5, 0.6) is 0 Å². The number of amides is 1. The molecule has 0 bridgehead atoms. The van der Waals surface area contributed by atoms with Crippen LogP contribution in [0.25, 0.3) is 5.70 Å². The Morgan fingerprint density at radius 2 is 1.53 bits per heavy atom. The number of hydrazine groups is 2. The van der Waals surface area contributed by atoms with Crippen LogP contribution in [-0.4, -0.2) is 36.6 Å². The molecule has 8 heteroatoms. The number of benzene rings is 2. The van der Waals surface area contributed by atoms with Gasteiger partial charge in [0.05, 0.1) is 11.4 Å². The number of carbonyl (C=O) groups excluding carboxylic acids is 1. The molecule has 0 N–H and O–H groups in total. The molecule has 0 radical (unpaired) electrons. The molecule has 0 saturated carbocycles. The van der Waals surface area contributed by atoms with E-state index in [0.29, 0.717) is 0 Å². The first-order valence-electron chi connectivity index (χ1n) is 9.98. The Morgan fingerprint density at radius 1 is 0.967 bits per heavy atom. The van der Waals surface area contributed by atoms with Gasteiger partial charge in [0.25, 0.3) is 5.91 Å². The van der Waals surface area contributed by atoms with Gasteiger partial charge in [-0.3, -0.25) is 4.79 Å². The van der Waals surface area contributed by atoms with Crippen LogP contribution < -0.4 is 5.01 Å². The van der Waals surface area contributed by atoms with E-state index in [9.17, 15) is 4.79 Å². The lowest BCUT2D eigenvalue weighted by atomic mass is 10.0. The maximum atomic E-state index is 14.1. The Kier molecular flexibility index (Phi) is 6.60. The highest BCUT2D eigenvalue weighted by molar-refractivity contribution is 14.1. The zero-order chi connectivity index (χ0) is 21.3. The van der Waals surface area contributed by atoms with Crippen LogP contribution in [0.4, 0.5) is 5.69 Å². The summed E-state index contributed by atoms with van der Waals surface area (Å²) in [7, 11) is 0. The predicted molar refractivity (Wildman–Crippen MR) is 131 cm³/mol. The average molecular weight is 557 g/mol. The Balaban J connectivity index is 1.79. The summed E-state index contributed by atoms with van der Waals surface area (Å²) in [5.41, 5.74) is 3.25. The number of para-hydroxylation sites is 1. The third-order valence-electron chi connectivity index (χ3n) is 5.58. The van der Waals surface area contributed by atoms with E-state index in [-0.39, 0.29) is 5.91 Å². The fourth-order valence-corrected chi connectivity index (χ4v) is 5.44. The first-order valence-corrected chi connectivity index (χ1v) is 11.7. The highest BCUT2D eigenvalue weighted by Crippen LogP contribution is 2.50. The summed E-state index contributed by atoms with van der Waals surface area (Å²) in [6.07, 6.45) is 3.29. The highest BCUT2D eigenvalue weighted by Gasteiger charge is 2.56. The summed E-state index contributed by atoms with van der Waals surface area (Å²) in [5, 5.41) is 3.90. The lowest BCUT2D eigenvalue weighted by molar-refractivity contribution is -0.126. The van der Waals surface area contributed by atoms with Gasteiger partial charge in [0.15, 0.2) is 0 Å². The maximum Gasteiger partial charge on any atom is 0.279 e. The largest absolute Gasteiger partial charge is 0.279 e. The topological polar surface area (TPSA) is 30.0 Å². The number of halogens is 3. The maximum absolute atomic E-state index is 14.1. The van der Waals surface area contributed by atoms with E-state index in [4.69, 9.17) is 23.6 Å². The highest BCUT2D eigenvalue weighted by atomic mass is 127. The van der Waals surface area contributed by atoms with E-state index >= 15 is 0 Å². The fraction of sp³-hybridized carbons (Fsp3) is 0.318. The van der Waals surface area contributed by atoms with Gasteiger partial charge in [0, 0.05) is 42.2 Å². The smallest absolute Gasteiger partial charge is 0.269 e. The molecule has 0 aromatic heterocycles. The lowest BCUT2D eigenvalue weighted by Gasteiger charge is -2.41. The van der Waals surface area contributed by atoms with E-state index in [1.165, 1.54) is 15.5 Å². The van der Waals surface area contributed by atoms with E-state index in [2.05, 4.69) is 27.6 Å². The van der Waals surface area contributed by atoms with Gasteiger partial charge in [-0.05, 0) is 60.1 Å². The Hall–Kier alpha value is -1.32. The number of hydrogen-bond acceptors (Lipinski definition) is 4. The van der Waals surface area contributed by atoms with Crippen molar-refractivity contribution in [3.63, 3.8) is 0 Å². The molecular weight excluding hydrogens is 534 g/mol. The third kappa shape index (κ3) is 3.73. The molecular formula is C22H23Cl2IN4O. The molecule has 0 aliphatic carbocycles. The molecule has 158 valence electrons. The van der Waals surface area contributed by atoms with Crippen LogP contribution >= 0.6 is 46.1 Å². The number of rotatable bonds is 4. The molecule has 2 aromatic carbocycles. The summed E-state index contributed by atoms with van der Waals surface area (Å²) >= 11 is 15.4. The molecule has 1 amide bonds. The van der Waals surface area contributed by atoms with Crippen LogP contribution in [0.3, 0.4) is 0 Å². The van der Waals surface area contributed by atoms with Crippen LogP contribution in [0, 0.1) is 0 Å². The molecule has 1 saturated heterocycles. The first-order chi connectivity index (χ1) is 14.5. The van der Waals surface area contributed by atoms with Gasteiger partial charge in [-0.25, -0.2) is 10.0 Å². The zero-order valence-electron chi connectivity index (χ0n) is 16.6. The summed E-state index contributed by atoms with van der Waals surface area (Å²) in [6.45, 7) is 3.58. The minimum absolute atomic E-state index is 0.139. The van der Waals surface area contributed by atoms with Crippen molar-refractivity contribution in [1.29, 1.82) is 0 Å². The minimum Gasteiger partial charge on any atom is -0.269 e. The quantitative estimate of drug-likeness (QED) is 0.205. The van der Waals surface area contributed by atoms with Gasteiger partial charge in [-0.15, -0.1) is 0 Å². The zero-order valence-corrected chi connectivity index (χ0v) is 20.3. The summed E-state index contributed by atoms with van der Waals surface area (Å²) < 4.78 is 1.48. The number of alkyl halides is 1. The lowest BCUT2D eigenvalue weighted by Crippen LogP contribution is -2.59. The Labute approximate surface area is 201 Å². The summed E-state index contributed by atoms with van der Waals surface area (Å²) in [4.78, 5) is 14.1. The Morgan fingerprint density at radius 3 is 2.13 bits per heavy atom. The van der Waals surface area contributed by atoms with Crippen molar-refractivity contribution >= 4 is 63.4 Å².